The number of nitrogens with zero attached hydrogens (tertiary/aromatic N) is 5. The van der Waals surface area contributed by atoms with Gasteiger partial charge < -0.3 is 20.1 Å². The van der Waals surface area contributed by atoms with Gasteiger partial charge in [-0.25, -0.2) is 36.3 Å². The SMILES string of the molecule is CC1(C)CCC(CN2CCN(c3ccc(C(=O)NS(=O)(=O)c4cnc(OCC5(F)CCN(CC(F)F)CC5)c(Cl)c4)c(Oc4cnc(N)c(Cl)c4)c3)CC2)=C(c2ccc(Cl)cc2)C1. The van der Waals surface area contributed by atoms with E-state index in [0.29, 0.717) is 18.1 Å². The predicted octanol–water partition coefficient (Wildman–Crippen LogP) is 9.16. The molecule has 2 aliphatic heterocycles. The summed E-state index contributed by atoms with van der Waals surface area (Å²) in [6, 6.07) is 15.4. The Morgan fingerprint density at radius 2 is 1.62 bits per heavy atom. The van der Waals surface area contributed by atoms with Crippen molar-refractivity contribution in [3.8, 4) is 17.4 Å². The number of ether oxygens (including phenoxy) is 2. The average molecular weight is 951 g/mol. The highest BCUT2D eigenvalue weighted by atomic mass is 35.5. The van der Waals surface area contributed by atoms with Gasteiger partial charge in [0.25, 0.3) is 22.4 Å². The Balaban J connectivity index is 1.04. The topological polar surface area (TPSA) is 143 Å². The Morgan fingerprint density at radius 1 is 0.905 bits per heavy atom. The van der Waals surface area contributed by atoms with Gasteiger partial charge in [-0.2, -0.15) is 0 Å². The lowest BCUT2D eigenvalue weighted by Crippen LogP contribution is -2.47. The number of nitrogen functional groups attached to an aromatic ring is 1. The third-order valence-electron chi connectivity index (χ3n) is 11.7. The first-order valence-corrected chi connectivity index (χ1v) is 23.2. The number of likely N-dealkylation sites (tertiary alicyclic amines) is 1. The first-order valence-electron chi connectivity index (χ1n) is 20.6. The number of nitrogens with one attached hydrogen (secondary N) is 1. The third kappa shape index (κ3) is 11.9. The number of hydrogen-bond acceptors (Lipinski definition) is 11. The number of piperidine rings is 1. The van der Waals surface area contributed by atoms with Crippen molar-refractivity contribution < 1.29 is 35.9 Å². The molecule has 0 spiro atoms. The summed E-state index contributed by atoms with van der Waals surface area (Å²) >= 11 is 18.8. The first-order chi connectivity index (χ1) is 29.8. The van der Waals surface area contributed by atoms with E-state index in [-0.39, 0.29) is 70.2 Å². The number of rotatable bonds is 14. The molecule has 3 aliphatic rings. The molecule has 7 rings (SSSR count). The highest BCUT2D eigenvalue weighted by Gasteiger charge is 2.37. The molecule has 2 aromatic heterocycles. The molecule has 4 aromatic rings. The molecular weight excluding hydrogens is 902 g/mol. The van der Waals surface area contributed by atoms with Crippen LogP contribution in [0.1, 0.15) is 61.9 Å². The smallest absolute Gasteiger partial charge is 0.268 e. The molecule has 0 radical (unpaired) electrons. The number of allylic oxidation sites excluding steroid dienone is 1. The summed E-state index contributed by atoms with van der Waals surface area (Å²) in [4.78, 5) is 27.5. The molecule has 0 unspecified atom stereocenters. The van der Waals surface area contributed by atoms with E-state index in [4.69, 9.17) is 50.0 Å². The van der Waals surface area contributed by atoms with E-state index >= 15 is 4.39 Å². The summed E-state index contributed by atoms with van der Waals surface area (Å²) in [5.41, 5.74) is 8.89. The standard InChI is InChI=1S/C44H49Cl3F3N7O5S/c1-43(2)10-9-29(35(22-43)28-3-5-30(45)6-4-28)25-56-15-17-57(18-16-56)31-7-8-34(38(19-31)62-32-20-36(46)40(51)52-23-32)41(58)54-63(59,60)33-21-37(47)42(53-24-33)61-27-44(50)11-13-55(14-12-44)26-39(48)49/h3-8,19-21,23-24,39H,9-18,22,25-27H2,1-2H3,(H2,51,52)(H,54,58). The van der Waals surface area contributed by atoms with Crippen LogP contribution in [0.25, 0.3) is 5.57 Å². The van der Waals surface area contributed by atoms with Crippen molar-refractivity contribution in [2.45, 2.75) is 62.9 Å². The van der Waals surface area contributed by atoms with Gasteiger partial charge in [-0.05, 0) is 79.0 Å². The van der Waals surface area contributed by atoms with Crippen molar-refractivity contribution in [3.63, 3.8) is 0 Å². The molecule has 2 fully saturated rings. The number of anilines is 2. The van der Waals surface area contributed by atoms with Crippen LogP contribution in [0.15, 0.2) is 77.5 Å². The first kappa shape index (κ1) is 46.7. The minimum absolute atomic E-state index is 0.0351. The monoisotopic (exact) mass is 949 g/mol. The number of pyridine rings is 2. The van der Waals surface area contributed by atoms with Crippen LogP contribution >= 0.6 is 34.8 Å². The highest BCUT2D eigenvalue weighted by Crippen LogP contribution is 2.43. The molecular formula is C44H49Cl3F3N7O5S. The largest absolute Gasteiger partial charge is 0.473 e. The van der Waals surface area contributed by atoms with Crippen molar-refractivity contribution in [1.82, 2.24) is 24.5 Å². The lowest BCUT2D eigenvalue weighted by atomic mass is 9.72. The molecule has 338 valence electrons. The summed E-state index contributed by atoms with van der Waals surface area (Å²) in [6.07, 6.45) is 2.81. The summed E-state index contributed by atoms with van der Waals surface area (Å²) in [5.74, 6) is -0.963. The molecule has 63 heavy (non-hydrogen) atoms. The quantitative estimate of drug-likeness (QED) is 0.125. The molecule has 0 bridgehead atoms. The molecule has 4 heterocycles. The number of aromatic nitrogens is 2. The van der Waals surface area contributed by atoms with Gasteiger partial charge in [0.1, 0.15) is 39.5 Å². The molecule has 1 aliphatic carbocycles. The molecule has 1 amide bonds. The number of amides is 1. The second kappa shape index (κ2) is 19.4. The number of benzene rings is 2. The molecule has 0 atom stereocenters. The number of sulfonamides is 1. The fourth-order valence-corrected chi connectivity index (χ4v) is 9.57. The second-order valence-corrected chi connectivity index (χ2v) is 20.0. The van der Waals surface area contributed by atoms with Crippen molar-refractivity contribution in [2.24, 2.45) is 5.41 Å². The Morgan fingerprint density at radius 3 is 2.29 bits per heavy atom. The summed E-state index contributed by atoms with van der Waals surface area (Å²) in [6.45, 7) is 7.78. The fraction of sp³-hybridized carbons (Fsp3) is 0.432. The van der Waals surface area contributed by atoms with Crippen molar-refractivity contribution in [1.29, 1.82) is 0 Å². The minimum Gasteiger partial charge on any atom is -0.473 e. The van der Waals surface area contributed by atoms with Gasteiger partial charge in [-0.15, -0.1) is 0 Å². The number of carbonyl (C=O) groups excluding carboxylic acids is 1. The summed E-state index contributed by atoms with van der Waals surface area (Å²) in [5, 5.41) is 0.591. The van der Waals surface area contributed by atoms with Crippen LogP contribution in [-0.2, 0) is 10.0 Å². The maximum atomic E-state index is 15.4. The van der Waals surface area contributed by atoms with Crippen LogP contribution < -0.4 is 24.8 Å². The van der Waals surface area contributed by atoms with Gasteiger partial charge in [0.15, 0.2) is 0 Å². The third-order valence-corrected chi connectivity index (χ3v) is 13.9. The van der Waals surface area contributed by atoms with Gasteiger partial charge in [-0.3, -0.25) is 14.6 Å². The Hall–Kier alpha value is -4.32. The van der Waals surface area contributed by atoms with Crippen LogP contribution in [0.4, 0.5) is 24.7 Å². The zero-order valence-corrected chi connectivity index (χ0v) is 37.9. The number of piperazine rings is 1. The summed E-state index contributed by atoms with van der Waals surface area (Å²) in [7, 11) is -4.57. The number of carbonyl (C=O) groups is 1. The molecule has 3 N–H and O–H groups in total. The molecule has 2 saturated heterocycles. The van der Waals surface area contributed by atoms with E-state index in [1.807, 2.05) is 12.1 Å². The molecule has 19 heteroatoms. The predicted molar refractivity (Wildman–Crippen MR) is 240 cm³/mol. The maximum absolute atomic E-state index is 15.4. The molecule has 0 saturated carbocycles. The van der Waals surface area contributed by atoms with E-state index in [0.717, 1.165) is 56.8 Å². The van der Waals surface area contributed by atoms with Crippen LogP contribution in [0, 0.1) is 5.41 Å². The second-order valence-electron chi connectivity index (χ2n) is 17.0. The van der Waals surface area contributed by atoms with Crippen LogP contribution in [-0.4, -0.2) is 105 Å². The fourth-order valence-electron chi connectivity index (χ4n) is 8.06. The highest BCUT2D eigenvalue weighted by molar-refractivity contribution is 7.90. The van der Waals surface area contributed by atoms with Gasteiger partial charge in [-0.1, -0.05) is 66.4 Å². The van der Waals surface area contributed by atoms with Crippen LogP contribution in [0.2, 0.25) is 15.1 Å². The Bertz CT molecular complexity index is 2450. The average Bonchev–Trinajstić information content (AvgIpc) is 3.23. The zero-order valence-electron chi connectivity index (χ0n) is 34.9. The van der Waals surface area contributed by atoms with Gasteiger partial charge >= 0.3 is 0 Å². The van der Waals surface area contributed by atoms with E-state index in [2.05, 4.69) is 50.5 Å². The van der Waals surface area contributed by atoms with Crippen LogP contribution in [0.5, 0.6) is 17.4 Å². The van der Waals surface area contributed by atoms with Crippen LogP contribution in [0.3, 0.4) is 0 Å². The number of nitrogens with two attached hydrogens (primary N) is 1. The maximum Gasteiger partial charge on any atom is 0.268 e. The molecule has 12 nitrogen and oxygen atoms in total. The van der Waals surface area contributed by atoms with Gasteiger partial charge in [0.05, 0.1) is 29.5 Å². The Labute approximate surface area is 380 Å². The number of halogens is 6. The van der Waals surface area contributed by atoms with E-state index in [9.17, 15) is 22.0 Å². The lowest BCUT2D eigenvalue weighted by Gasteiger charge is -2.39. The van der Waals surface area contributed by atoms with Crippen molar-refractivity contribution in [2.75, 3.05) is 69.6 Å². The van der Waals surface area contributed by atoms with E-state index < -0.39 is 46.1 Å². The Kier molecular flexibility index (Phi) is 14.4. The van der Waals surface area contributed by atoms with Gasteiger partial charge in [0.2, 0.25) is 5.88 Å². The lowest BCUT2D eigenvalue weighted by molar-refractivity contribution is -0.00224. The number of alkyl halides is 3. The number of hydrogen-bond donors (Lipinski definition) is 2. The van der Waals surface area contributed by atoms with Crippen molar-refractivity contribution >= 4 is 67.8 Å². The van der Waals surface area contributed by atoms with Gasteiger partial charge in [0, 0.05) is 68.7 Å². The van der Waals surface area contributed by atoms with E-state index in [1.165, 1.54) is 39.9 Å². The van der Waals surface area contributed by atoms with Crippen molar-refractivity contribution in [3.05, 3.63) is 98.8 Å². The zero-order chi connectivity index (χ0) is 45.1. The molecule has 2 aromatic carbocycles. The normalized spacial score (nSPS) is 18.4. The summed E-state index contributed by atoms with van der Waals surface area (Å²) < 4.78 is 81.7. The minimum atomic E-state index is -4.57. The van der Waals surface area contributed by atoms with E-state index in [1.54, 1.807) is 12.1 Å².